The molecule has 0 fully saturated rings. The van der Waals surface area contributed by atoms with Crippen molar-refractivity contribution in [3.63, 3.8) is 0 Å². The number of hydrogen-bond acceptors (Lipinski definition) is 1. The van der Waals surface area contributed by atoms with Crippen LogP contribution in [0.4, 0.5) is 0 Å². The maximum absolute atomic E-state index is 5.12. The van der Waals surface area contributed by atoms with Gasteiger partial charge in [0, 0.05) is 6.61 Å². The van der Waals surface area contributed by atoms with Gasteiger partial charge in [0.2, 0.25) is 0 Å². The Hall–Kier alpha value is -0.560. The van der Waals surface area contributed by atoms with E-state index in [2.05, 4.69) is 25.2 Å². The molecule has 0 rings (SSSR count). The van der Waals surface area contributed by atoms with Gasteiger partial charge >= 0.3 is 0 Å². The quantitative estimate of drug-likeness (QED) is 0.421. The van der Waals surface area contributed by atoms with Gasteiger partial charge in [-0.1, -0.05) is 24.3 Å². The minimum atomic E-state index is 0.741. The van der Waals surface area contributed by atoms with E-state index in [-0.39, 0.29) is 0 Å². The van der Waals surface area contributed by atoms with Crippen LogP contribution in [0.5, 0.6) is 0 Å². The van der Waals surface area contributed by atoms with E-state index in [4.69, 9.17) is 4.74 Å². The summed E-state index contributed by atoms with van der Waals surface area (Å²) < 4.78 is 5.12. The highest BCUT2D eigenvalue weighted by atomic mass is 16.5. The maximum atomic E-state index is 5.12. The second-order valence-electron chi connectivity index (χ2n) is 2.18. The monoisotopic (exact) mass is 153 g/mol. The molecule has 0 saturated carbocycles. The first kappa shape index (κ1) is 10.4. The van der Waals surface area contributed by atoms with E-state index >= 15 is 0 Å². The molecule has 0 aliphatic heterocycles. The van der Waals surface area contributed by atoms with Gasteiger partial charge in [-0.05, 0) is 26.7 Å². The lowest BCUT2D eigenvalue weighted by Crippen LogP contribution is -1.87. The van der Waals surface area contributed by atoms with Crippen LogP contribution < -0.4 is 0 Å². The van der Waals surface area contributed by atoms with Gasteiger partial charge in [0.1, 0.15) is 0 Å². The van der Waals surface area contributed by atoms with E-state index in [9.17, 15) is 0 Å². The fourth-order valence-electron chi connectivity index (χ4n) is 0.682. The predicted octanol–water partition coefficient (Wildman–Crippen LogP) is 2.75. The summed E-state index contributed by atoms with van der Waals surface area (Å²) >= 11 is 0. The second-order valence-corrected chi connectivity index (χ2v) is 2.18. The molecule has 63 valence electrons. The summed E-state index contributed by atoms with van der Waals surface area (Å²) in [5.74, 6) is 0. The molecule has 0 aromatic rings. The van der Waals surface area contributed by atoms with Crippen LogP contribution >= 0.6 is 0 Å². The van der Waals surface area contributed by atoms with Gasteiger partial charge in [0.15, 0.2) is 0 Å². The number of rotatable bonds is 6. The van der Waals surface area contributed by atoms with Crippen molar-refractivity contribution >= 4 is 0 Å². The van der Waals surface area contributed by atoms with Crippen molar-refractivity contribution in [2.45, 2.75) is 19.8 Å². The van der Waals surface area contributed by atoms with Crippen LogP contribution in [-0.4, -0.2) is 13.2 Å². The average molecular weight is 153 g/mol. The highest BCUT2D eigenvalue weighted by molar-refractivity contribution is 4.88. The molecule has 0 bridgehead atoms. The average Bonchev–Trinajstić information content (AvgIpc) is 2.03. The van der Waals surface area contributed by atoms with E-state index < -0.39 is 0 Å². The Bertz CT molecular complexity index is 114. The van der Waals surface area contributed by atoms with Gasteiger partial charge in [-0.25, -0.2) is 0 Å². The van der Waals surface area contributed by atoms with Crippen molar-refractivity contribution in [3.05, 3.63) is 31.2 Å². The standard InChI is InChI=1S/C10H17O/c1-3-5-6-7-8-9-10-11-4-2/h3,5,8-9H,1,4,6-7,10H2,2H3/b5-3+,9-8+. The molecule has 1 nitrogen and oxygen atoms in total. The highest BCUT2D eigenvalue weighted by Crippen LogP contribution is 1.92. The zero-order valence-corrected chi connectivity index (χ0v) is 7.25. The third kappa shape index (κ3) is 9.44. The summed E-state index contributed by atoms with van der Waals surface area (Å²) in [4.78, 5) is 0. The molecule has 0 N–H and O–H groups in total. The van der Waals surface area contributed by atoms with Crippen LogP contribution in [0.15, 0.2) is 24.3 Å². The second kappa shape index (κ2) is 9.44. The number of ether oxygens (including phenoxy) is 1. The van der Waals surface area contributed by atoms with Crippen molar-refractivity contribution in [1.82, 2.24) is 0 Å². The first-order valence-corrected chi connectivity index (χ1v) is 4.08. The molecule has 0 spiro atoms. The lowest BCUT2D eigenvalue weighted by Gasteiger charge is -1.91. The van der Waals surface area contributed by atoms with Gasteiger partial charge in [0.05, 0.1) is 6.61 Å². The van der Waals surface area contributed by atoms with Crippen molar-refractivity contribution in [1.29, 1.82) is 0 Å². The SMILES string of the molecule is [CH2]/C=C/CC/C=C/COCC. The summed E-state index contributed by atoms with van der Waals surface area (Å²) in [6.07, 6.45) is 10.2. The van der Waals surface area contributed by atoms with E-state index in [1.54, 1.807) is 0 Å². The Morgan fingerprint density at radius 2 is 1.91 bits per heavy atom. The normalized spacial score (nSPS) is 11.8. The van der Waals surface area contributed by atoms with Crippen molar-refractivity contribution < 1.29 is 4.74 Å². The molecule has 0 aliphatic rings. The molecule has 0 saturated heterocycles. The van der Waals surface area contributed by atoms with Crippen molar-refractivity contribution in [3.8, 4) is 0 Å². The molecular weight excluding hydrogens is 136 g/mol. The number of allylic oxidation sites excluding steroid dienone is 3. The summed E-state index contributed by atoms with van der Waals surface area (Å²) in [6, 6.07) is 0. The lowest BCUT2D eigenvalue weighted by molar-refractivity contribution is 0.177. The summed E-state index contributed by atoms with van der Waals surface area (Å²) in [5.41, 5.74) is 0. The molecule has 0 amide bonds. The first-order valence-electron chi connectivity index (χ1n) is 4.08. The van der Waals surface area contributed by atoms with Crippen LogP contribution in [0.3, 0.4) is 0 Å². The Kier molecular flexibility index (Phi) is 8.96. The maximum Gasteiger partial charge on any atom is 0.0647 e. The molecule has 1 heteroatoms. The van der Waals surface area contributed by atoms with Gasteiger partial charge in [-0.15, -0.1) is 0 Å². The van der Waals surface area contributed by atoms with Gasteiger partial charge in [-0.3, -0.25) is 0 Å². The topological polar surface area (TPSA) is 9.23 Å². The highest BCUT2D eigenvalue weighted by Gasteiger charge is 1.76. The lowest BCUT2D eigenvalue weighted by atomic mass is 10.3. The van der Waals surface area contributed by atoms with Gasteiger partial charge in [0.25, 0.3) is 0 Å². The van der Waals surface area contributed by atoms with Crippen LogP contribution in [0.25, 0.3) is 0 Å². The van der Waals surface area contributed by atoms with Gasteiger partial charge in [-0.2, -0.15) is 0 Å². The number of unbranched alkanes of at least 4 members (excludes halogenated alkanes) is 1. The van der Waals surface area contributed by atoms with Gasteiger partial charge < -0.3 is 4.74 Å². The summed E-state index contributed by atoms with van der Waals surface area (Å²) in [7, 11) is 0. The molecule has 0 heterocycles. The Morgan fingerprint density at radius 3 is 2.55 bits per heavy atom. The zero-order valence-electron chi connectivity index (χ0n) is 7.25. The fraction of sp³-hybridized carbons (Fsp3) is 0.500. The van der Waals surface area contributed by atoms with E-state index in [1.165, 1.54) is 0 Å². The molecule has 1 radical (unpaired) electrons. The van der Waals surface area contributed by atoms with Crippen LogP contribution in [0.2, 0.25) is 0 Å². The smallest absolute Gasteiger partial charge is 0.0647 e. The third-order valence-electron chi connectivity index (χ3n) is 1.25. The molecule has 0 aromatic heterocycles. The molecule has 0 atom stereocenters. The minimum absolute atomic E-state index is 0.741. The Labute approximate surface area is 69.8 Å². The molecule has 11 heavy (non-hydrogen) atoms. The van der Waals surface area contributed by atoms with E-state index in [0.717, 1.165) is 26.1 Å². The minimum Gasteiger partial charge on any atom is -0.378 e. The van der Waals surface area contributed by atoms with E-state index in [0.29, 0.717) is 0 Å². The van der Waals surface area contributed by atoms with Crippen molar-refractivity contribution in [2.75, 3.05) is 13.2 Å². The number of hydrogen-bond donors (Lipinski definition) is 0. The first-order chi connectivity index (χ1) is 5.41. The largest absolute Gasteiger partial charge is 0.378 e. The van der Waals surface area contributed by atoms with Crippen LogP contribution in [0.1, 0.15) is 19.8 Å². The molecular formula is C10H17O. The zero-order chi connectivity index (χ0) is 8.36. The third-order valence-corrected chi connectivity index (χ3v) is 1.25. The van der Waals surface area contributed by atoms with Crippen molar-refractivity contribution in [2.24, 2.45) is 0 Å². The Balaban J connectivity index is 3.03. The Morgan fingerprint density at radius 1 is 1.18 bits per heavy atom. The molecule has 0 aliphatic carbocycles. The van der Waals surface area contributed by atoms with Crippen LogP contribution in [-0.2, 0) is 4.74 Å². The fourth-order valence-corrected chi connectivity index (χ4v) is 0.682. The summed E-state index contributed by atoms with van der Waals surface area (Å²) in [6.45, 7) is 7.14. The van der Waals surface area contributed by atoms with E-state index in [1.807, 2.05) is 13.0 Å². The molecule has 0 aromatic carbocycles. The predicted molar refractivity (Wildman–Crippen MR) is 49.4 cm³/mol. The van der Waals surface area contributed by atoms with Crippen LogP contribution in [0, 0.1) is 6.92 Å². The molecule has 0 unspecified atom stereocenters. The summed E-state index contributed by atoms with van der Waals surface area (Å²) in [5, 5.41) is 0.